The Kier molecular flexibility index (Phi) is 3.50. The fourth-order valence-electron chi connectivity index (χ4n) is 1.52. The van der Waals surface area contributed by atoms with Crippen LogP contribution in [-0.4, -0.2) is 16.1 Å². The smallest absolute Gasteiger partial charge is 0.338 e. The third-order valence-corrected chi connectivity index (χ3v) is 2.66. The van der Waals surface area contributed by atoms with E-state index in [1.54, 1.807) is 0 Å². The molecule has 2 aromatic rings. The van der Waals surface area contributed by atoms with Crippen molar-refractivity contribution in [1.29, 1.82) is 0 Å². The van der Waals surface area contributed by atoms with Crippen molar-refractivity contribution in [2.45, 2.75) is 0 Å². The van der Waals surface area contributed by atoms with E-state index in [2.05, 4.69) is 4.98 Å². The quantitative estimate of drug-likeness (QED) is 0.911. The molecule has 0 bridgehead atoms. The predicted octanol–water partition coefficient (Wildman–Crippen LogP) is 3.89. The lowest BCUT2D eigenvalue weighted by Gasteiger charge is -2.06. The van der Waals surface area contributed by atoms with E-state index < -0.39 is 11.8 Å². The van der Waals surface area contributed by atoms with Gasteiger partial charge in [-0.2, -0.15) is 0 Å². The summed E-state index contributed by atoms with van der Waals surface area (Å²) >= 11 is 11.7. The van der Waals surface area contributed by atoms with Crippen molar-refractivity contribution < 1.29 is 14.3 Å². The number of hydrogen-bond acceptors (Lipinski definition) is 2. The SMILES string of the molecule is O=C(O)c1cc(F)cnc1-c1cc(Cl)cc(Cl)c1. The zero-order chi connectivity index (χ0) is 13.3. The lowest BCUT2D eigenvalue weighted by atomic mass is 10.1. The van der Waals surface area contributed by atoms with Crippen molar-refractivity contribution in [2.24, 2.45) is 0 Å². The molecule has 1 aromatic carbocycles. The van der Waals surface area contributed by atoms with Crippen molar-refractivity contribution in [3.63, 3.8) is 0 Å². The molecule has 0 fully saturated rings. The number of hydrogen-bond donors (Lipinski definition) is 1. The highest BCUT2D eigenvalue weighted by atomic mass is 35.5. The minimum absolute atomic E-state index is 0.119. The van der Waals surface area contributed by atoms with E-state index in [-0.39, 0.29) is 11.3 Å². The van der Waals surface area contributed by atoms with E-state index in [9.17, 15) is 9.18 Å². The van der Waals surface area contributed by atoms with Crippen molar-refractivity contribution in [3.8, 4) is 11.3 Å². The first-order valence-electron chi connectivity index (χ1n) is 4.82. The topological polar surface area (TPSA) is 50.2 Å². The van der Waals surface area contributed by atoms with Crippen molar-refractivity contribution >= 4 is 29.2 Å². The highest BCUT2D eigenvalue weighted by Crippen LogP contribution is 2.28. The van der Waals surface area contributed by atoms with Gasteiger partial charge < -0.3 is 5.11 Å². The Morgan fingerprint density at radius 3 is 2.33 bits per heavy atom. The van der Waals surface area contributed by atoms with Gasteiger partial charge in [0.05, 0.1) is 17.5 Å². The van der Waals surface area contributed by atoms with Crippen LogP contribution in [0.3, 0.4) is 0 Å². The lowest BCUT2D eigenvalue weighted by molar-refractivity contribution is 0.0697. The van der Waals surface area contributed by atoms with Crippen LogP contribution in [0.5, 0.6) is 0 Å². The molecule has 0 amide bonds. The molecule has 0 saturated heterocycles. The van der Waals surface area contributed by atoms with Gasteiger partial charge in [-0.05, 0) is 24.3 Å². The van der Waals surface area contributed by atoms with Gasteiger partial charge in [0.25, 0.3) is 0 Å². The van der Waals surface area contributed by atoms with Gasteiger partial charge in [0, 0.05) is 15.6 Å². The number of pyridine rings is 1. The number of halogens is 3. The van der Waals surface area contributed by atoms with Gasteiger partial charge in [-0.25, -0.2) is 9.18 Å². The van der Waals surface area contributed by atoms with E-state index in [4.69, 9.17) is 28.3 Å². The number of carboxylic acid groups (broad SMARTS) is 1. The molecule has 3 nitrogen and oxygen atoms in total. The van der Waals surface area contributed by atoms with Gasteiger partial charge in [-0.15, -0.1) is 0 Å². The first-order valence-corrected chi connectivity index (χ1v) is 5.58. The zero-order valence-electron chi connectivity index (χ0n) is 8.82. The Bertz CT molecular complexity index is 611. The molecule has 0 unspecified atom stereocenters. The van der Waals surface area contributed by atoms with Crippen LogP contribution in [0.2, 0.25) is 10.0 Å². The first-order chi connectivity index (χ1) is 8.47. The van der Waals surface area contributed by atoms with Crippen molar-refractivity contribution in [3.05, 3.63) is 51.9 Å². The maximum atomic E-state index is 13.0. The molecule has 92 valence electrons. The normalized spacial score (nSPS) is 10.4. The molecule has 6 heteroatoms. The summed E-state index contributed by atoms with van der Waals surface area (Å²) in [7, 11) is 0. The summed E-state index contributed by atoms with van der Waals surface area (Å²) in [5, 5.41) is 9.71. The summed E-state index contributed by atoms with van der Waals surface area (Å²) in [6, 6.07) is 5.44. The summed E-state index contributed by atoms with van der Waals surface area (Å²) in [6.07, 6.45) is 0.941. The van der Waals surface area contributed by atoms with Crippen molar-refractivity contribution in [2.75, 3.05) is 0 Å². The molecule has 0 spiro atoms. The Labute approximate surface area is 112 Å². The first kappa shape index (κ1) is 12.8. The minimum Gasteiger partial charge on any atom is -0.478 e. The number of aromatic carboxylic acids is 1. The molecular formula is C12H6Cl2FNO2. The third-order valence-electron chi connectivity index (χ3n) is 2.22. The second kappa shape index (κ2) is 4.92. The maximum Gasteiger partial charge on any atom is 0.338 e. The standard InChI is InChI=1S/C12H6Cl2FNO2/c13-7-1-6(2-8(14)3-7)11-10(12(17)18)4-9(15)5-16-11/h1-5H,(H,17,18). The number of rotatable bonds is 2. The monoisotopic (exact) mass is 285 g/mol. The van der Waals surface area contributed by atoms with Crippen molar-refractivity contribution in [1.82, 2.24) is 4.98 Å². The number of nitrogens with zero attached hydrogens (tertiary/aromatic N) is 1. The average molecular weight is 286 g/mol. The molecule has 0 radical (unpaired) electrons. The molecule has 18 heavy (non-hydrogen) atoms. The van der Waals surface area contributed by atoms with Crippen LogP contribution in [0.25, 0.3) is 11.3 Å². The number of aromatic nitrogens is 1. The highest BCUT2D eigenvalue weighted by Gasteiger charge is 2.15. The minimum atomic E-state index is -1.27. The number of benzene rings is 1. The molecule has 0 aliphatic carbocycles. The van der Waals surface area contributed by atoms with E-state index in [0.717, 1.165) is 12.3 Å². The Hall–Kier alpha value is -1.65. The van der Waals surface area contributed by atoms with Gasteiger partial charge in [0.15, 0.2) is 0 Å². The molecule has 1 N–H and O–H groups in total. The fraction of sp³-hybridized carbons (Fsp3) is 0. The summed E-state index contributed by atoms with van der Waals surface area (Å²) in [6.45, 7) is 0. The van der Waals surface area contributed by atoms with Crippen LogP contribution in [0, 0.1) is 5.82 Å². The molecule has 0 aliphatic heterocycles. The molecule has 0 atom stereocenters. The second-order valence-corrected chi connectivity index (χ2v) is 4.39. The van der Waals surface area contributed by atoms with Gasteiger partial charge in [0.1, 0.15) is 5.82 Å². The van der Waals surface area contributed by atoms with Gasteiger partial charge >= 0.3 is 5.97 Å². The third kappa shape index (κ3) is 2.60. The van der Waals surface area contributed by atoms with Gasteiger partial charge in [0.2, 0.25) is 0 Å². The number of carboxylic acids is 1. The average Bonchev–Trinajstić information content (AvgIpc) is 2.27. The van der Waals surface area contributed by atoms with E-state index in [1.807, 2.05) is 0 Å². The molecule has 0 aliphatic rings. The van der Waals surface area contributed by atoms with E-state index >= 15 is 0 Å². The lowest BCUT2D eigenvalue weighted by Crippen LogP contribution is -2.02. The summed E-state index contributed by atoms with van der Waals surface area (Å²) in [5.41, 5.74) is 0.298. The number of carbonyl (C=O) groups is 1. The van der Waals surface area contributed by atoms with Crippen LogP contribution >= 0.6 is 23.2 Å². The molecule has 1 heterocycles. The van der Waals surface area contributed by atoms with Crippen LogP contribution in [-0.2, 0) is 0 Å². The second-order valence-electron chi connectivity index (χ2n) is 3.51. The Balaban J connectivity index is 2.66. The highest BCUT2D eigenvalue weighted by molar-refractivity contribution is 6.35. The summed E-state index contributed by atoms with van der Waals surface area (Å²) in [5.74, 6) is -1.99. The van der Waals surface area contributed by atoms with E-state index in [0.29, 0.717) is 15.6 Å². The predicted molar refractivity (Wildman–Crippen MR) is 66.6 cm³/mol. The zero-order valence-corrected chi connectivity index (χ0v) is 10.3. The largest absolute Gasteiger partial charge is 0.478 e. The Morgan fingerprint density at radius 2 is 1.78 bits per heavy atom. The summed E-state index contributed by atoms with van der Waals surface area (Å²) in [4.78, 5) is 14.8. The summed E-state index contributed by atoms with van der Waals surface area (Å²) < 4.78 is 13.0. The van der Waals surface area contributed by atoms with Gasteiger partial charge in [-0.1, -0.05) is 23.2 Å². The van der Waals surface area contributed by atoms with Gasteiger partial charge in [-0.3, -0.25) is 4.98 Å². The Morgan fingerprint density at radius 1 is 1.17 bits per heavy atom. The molecular weight excluding hydrogens is 280 g/mol. The van der Waals surface area contributed by atoms with Crippen LogP contribution in [0.4, 0.5) is 4.39 Å². The molecule has 0 saturated carbocycles. The van der Waals surface area contributed by atoms with Crippen LogP contribution in [0.1, 0.15) is 10.4 Å². The van der Waals surface area contributed by atoms with E-state index in [1.165, 1.54) is 18.2 Å². The van der Waals surface area contributed by atoms with Crippen LogP contribution in [0.15, 0.2) is 30.5 Å². The molecule has 2 rings (SSSR count). The molecule has 1 aromatic heterocycles. The maximum absolute atomic E-state index is 13.0. The fourth-order valence-corrected chi connectivity index (χ4v) is 2.05. The van der Waals surface area contributed by atoms with Crippen LogP contribution < -0.4 is 0 Å².